The molecule has 58 valence electrons. The van der Waals surface area contributed by atoms with Crippen LogP contribution < -0.4 is 0 Å². The molecule has 1 N–H and O–H groups in total. The number of carbonyl (C=O) groups is 2. The molecule has 0 fully saturated rings. The quantitative estimate of drug-likeness (QED) is 0.607. The molecule has 11 heavy (non-hydrogen) atoms. The third-order valence-corrected chi connectivity index (χ3v) is 1.54. The first-order valence-electron chi connectivity index (χ1n) is 3.26. The summed E-state index contributed by atoms with van der Waals surface area (Å²) in [7, 11) is 0. The van der Waals surface area contributed by atoms with E-state index in [2.05, 4.69) is 0 Å². The second kappa shape index (κ2) is 2.70. The third-order valence-electron chi connectivity index (χ3n) is 1.54. The number of allylic oxidation sites excluding steroid dienone is 2. The van der Waals surface area contributed by atoms with Gasteiger partial charge in [-0.05, 0) is 18.6 Å². The van der Waals surface area contributed by atoms with Gasteiger partial charge in [0, 0.05) is 6.42 Å². The third kappa shape index (κ3) is 1.55. The van der Waals surface area contributed by atoms with Gasteiger partial charge in [-0.1, -0.05) is 6.08 Å². The first-order chi connectivity index (χ1) is 5.11. The smallest absolute Gasteiger partial charge is 0.335 e. The summed E-state index contributed by atoms with van der Waals surface area (Å²) in [5.41, 5.74) is 0.776. The summed E-state index contributed by atoms with van der Waals surface area (Å²) in [6.07, 6.45) is 3.02. The molecule has 0 saturated carbocycles. The van der Waals surface area contributed by atoms with E-state index < -0.39 is 5.97 Å². The summed E-state index contributed by atoms with van der Waals surface area (Å²) in [6, 6.07) is 0. The Bertz CT molecular complexity index is 271. The van der Waals surface area contributed by atoms with Crippen molar-refractivity contribution < 1.29 is 14.7 Å². The van der Waals surface area contributed by atoms with E-state index in [0.717, 1.165) is 0 Å². The Balaban J connectivity index is 2.94. The number of carbonyl (C=O) groups excluding carboxylic acids is 1. The Morgan fingerprint density at radius 1 is 1.64 bits per heavy atom. The first kappa shape index (κ1) is 7.72. The highest BCUT2D eigenvalue weighted by Gasteiger charge is 2.14. The largest absolute Gasteiger partial charge is 0.478 e. The average molecular weight is 152 g/mol. The van der Waals surface area contributed by atoms with Crippen LogP contribution >= 0.6 is 0 Å². The minimum atomic E-state index is -0.966. The van der Waals surface area contributed by atoms with Crippen molar-refractivity contribution in [2.75, 3.05) is 0 Å². The van der Waals surface area contributed by atoms with Crippen molar-refractivity contribution >= 4 is 11.8 Å². The fourth-order valence-electron chi connectivity index (χ4n) is 0.998. The standard InChI is InChI=1S/C8H8O3/c1-5-4-6(9)2-3-7(5)8(10)11/h3-4H,2H2,1H3,(H,10,11). The molecule has 0 aromatic carbocycles. The number of hydrogen-bond acceptors (Lipinski definition) is 2. The molecule has 0 aromatic heterocycles. The van der Waals surface area contributed by atoms with Crippen LogP contribution in [0.2, 0.25) is 0 Å². The Kier molecular flexibility index (Phi) is 1.89. The molecule has 0 aliphatic heterocycles. The van der Waals surface area contributed by atoms with Gasteiger partial charge in [0.1, 0.15) is 0 Å². The highest BCUT2D eigenvalue weighted by atomic mass is 16.4. The van der Waals surface area contributed by atoms with Gasteiger partial charge in [-0.15, -0.1) is 0 Å². The van der Waals surface area contributed by atoms with Gasteiger partial charge >= 0.3 is 5.97 Å². The Morgan fingerprint density at radius 3 is 2.73 bits per heavy atom. The van der Waals surface area contributed by atoms with Gasteiger partial charge in [-0.3, -0.25) is 4.79 Å². The maximum Gasteiger partial charge on any atom is 0.335 e. The van der Waals surface area contributed by atoms with E-state index in [1.54, 1.807) is 6.92 Å². The predicted molar refractivity (Wildman–Crippen MR) is 39.1 cm³/mol. The molecule has 3 heteroatoms. The molecule has 0 aromatic rings. The van der Waals surface area contributed by atoms with Crippen LogP contribution in [0.25, 0.3) is 0 Å². The number of hydrogen-bond donors (Lipinski definition) is 1. The second-order valence-corrected chi connectivity index (χ2v) is 2.42. The van der Waals surface area contributed by atoms with Crippen LogP contribution in [0.3, 0.4) is 0 Å². The van der Waals surface area contributed by atoms with Gasteiger partial charge in [-0.25, -0.2) is 4.79 Å². The van der Waals surface area contributed by atoms with Gasteiger partial charge in [0.05, 0.1) is 5.57 Å². The summed E-state index contributed by atoms with van der Waals surface area (Å²) in [6.45, 7) is 1.62. The van der Waals surface area contributed by atoms with Gasteiger partial charge in [-0.2, -0.15) is 0 Å². The molecular formula is C8H8O3. The Labute approximate surface area is 64.0 Å². The fraction of sp³-hybridized carbons (Fsp3) is 0.250. The summed E-state index contributed by atoms with van der Waals surface area (Å²) in [5.74, 6) is -1.00. The van der Waals surface area contributed by atoms with Gasteiger partial charge in [0.15, 0.2) is 5.78 Å². The van der Waals surface area contributed by atoms with Crippen molar-refractivity contribution in [3.8, 4) is 0 Å². The lowest BCUT2D eigenvalue weighted by Crippen LogP contribution is -2.08. The first-order valence-corrected chi connectivity index (χ1v) is 3.26. The van der Waals surface area contributed by atoms with Gasteiger partial charge in [0.2, 0.25) is 0 Å². The lowest BCUT2D eigenvalue weighted by atomic mass is 9.99. The molecule has 1 rings (SSSR count). The topological polar surface area (TPSA) is 54.4 Å². The maximum atomic E-state index is 10.7. The van der Waals surface area contributed by atoms with Crippen molar-refractivity contribution in [1.82, 2.24) is 0 Å². The van der Waals surface area contributed by atoms with Crippen LogP contribution in [0.15, 0.2) is 23.3 Å². The van der Waals surface area contributed by atoms with E-state index in [1.165, 1.54) is 12.2 Å². The monoisotopic (exact) mass is 152 g/mol. The highest BCUT2D eigenvalue weighted by molar-refractivity contribution is 6.01. The molecule has 1 aliphatic carbocycles. The number of carboxylic acid groups (broad SMARTS) is 1. The molecule has 0 heterocycles. The van der Waals surface area contributed by atoms with Gasteiger partial charge < -0.3 is 5.11 Å². The zero-order valence-electron chi connectivity index (χ0n) is 6.13. The summed E-state index contributed by atoms with van der Waals surface area (Å²) < 4.78 is 0. The lowest BCUT2D eigenvalue weighted by Gasteiger charge is -2.06. The molecular weight excluding hydrogens is 144 g/mol. The minimum Gasteiger partial charge on any atom is -0.478 e. The van der Waals surface area contributed by atoms with Crippen LogP contribution in [0.5, 0.6) is 0 Å². The van der Waals surface area contributed by atoms with Crippen molar-refractivity contribution in [1.29, 1.82) is 0 Å². The molecule has 0 radical (unpaired) electrons. The van der Waals surface area contributed by atoms with E-state index in [1.807, 2.05) is 0 Å². The normalized spacial score (nSPS) is 17.4. The van der Waals surface area contributed by atoms with Gasteiger partial charge in [0.25, 0.3) is 0 Å². The number of rotatable bonds is 1. The molecule has 3 nitrogen and oxygen atoms in total. The molecule has 1 aliphatic rings. The van der Waals surface area contributed by atoms with E-state index in [0.29, 0.717) is 5.57 Å². The maximum absolute atomic E-state index is 10.7. The molecule has 0 bridgehead atoms. The number of carboxylic acids is 1. The fourth-order valence-corrected chi connectivity index (χ4v) is 0.998. The highest BCUT2D eigenvalue weighted by Crippen LogP contribution is 2.15. The van der Waals surface area contributed by atoms with E-state index in [9.17, 15) is 9.59 Å². The van der Waals surface area contributed by atoms with Crippen molar-refractivity contribution in [2.45, 2.75) is 13.3 Å². The van der Waals surface area contributed by atoms with Crippen LogP contribution in [0.1, 0.15) is 13.3 Å². The predicted octanol–water partition coefficient (Wildman–Crippen LogP) is 0.917. The van der Waals surface area contributed by atoms with E-state index in [-0.39, 0.29) is 17.8 Å². The van der Waals surface area contributed by atoms with E-state index >= 15 is 0 Å². The zero-order chi connectivity index (χ0) is 8.43. The van der Waals surface area contributed by atoms with Crippen molar-refractivity contribution in [3.63, 3.8) is 0 Å². The summed E-state index contributed by atoms with van der Waals surface area (Å²) >= 11 is 0. The Hall–Kier alpha value is -1.38. The van der Waals surface area contributed by atoms with E-state index in [4.69, 9.17) is 5.11 Å². The lowest BCUT2D eigenvalue weighted by molar-refractivity contribution is -0.132. The van der Waals surface area contributed by atoms with Crippen LogP contribution in [-0.4, -0.2) is 16.9 Å². The molecule has 0 unspecified atom stereocenters. The minimum absolute atomic E-state index is 0.0347. The summed E-state index contributed by atoms with van der Waals surface area (Å²) in [4.78, 5) is 21.2. The molecule has 0 saturated heterocycles. The SMILES string of the molecule is CC1=CC(=O)CC=C1C(=O)O. The van der Waals surface area contributed by atoms with Crippen LogP contribution in [0, 0.1) is 0 Å². The Morgan fingerprint density at radius 2 is 2.27 bits per heavy atom. The van der Waals surface area contributed by atoms with Crippen molar-refractivity contribution in [2.24, 2.45) is 0 Å². The van der Waals surface area contributed by atoms with Crippen LogP contribution in [0.4, 0.5) is 0 Å². The zero-order valence-corrected chi connectivity index (χ0v) is 6.13. The molecule has 0 atom stereocenters. The average Bonchev–Trinajstić information content (AvgIpc) is 1.85. The second-order valence-electron chi connectivity index (χ2n) is 2.42. The number of ketones is 1. The number of aliphatic carboxylic acids is 1. The molecule has 0 spiro atoms. The van der Waals surface area contributed by atoms with Crippen molar-refractivity contribution in [3.05, 3.63) is 23.3 Å². The molecule has 0 amide bonds. The van der Waals surface area contributed by atoms with Crippen LogP contribution in [-0.2, 0) is 9.59 Å². The summed E-state index contributed by atoms with van der Waals surface area (Å²) in [5, 5.41) is 8.57.